The number of methoxy groups -OCH3 is 1. The number of non-ortho nitro benzene ring substituents is 1. The van der Waals surface area contributed by atoms with E-state index < -0.39 is 4.92 Å². The van der Waals surface area contributed by atoms with Crippen LogP contribution in [0.2, 0.25) is 0 Å². The van der Waals surface area contributed by atoms with Gasteiger partial charge in [-0.15, -0.1) is 11.8 Å². The number of rotatable bonds is 6. The third-order valence-corrected chi connectivity index (χ3v) is 4.94. The van der Waals surface area contributed by atoms with Crippen molar-refractivity contribution in [3.8, 4) is 5.75 Å². The predicted molar refractivity (Wildman–Crippen MR) is 99.5 cm³/mol. The maximum Gasteiger partial charge on any atom is 0.273 e. The zero-order valence-corrected chi connectivity index (χ0v) is 15.3. The molecule has 0 fully saturated rings. The van der Waals surface area contributed by atoms with Gasteiger partial charge in [-0.3, -0.25) is 14.9 Å². The zero-order chi connectivity index (χ0) is 18.6. The van der Waals surface area contributed by atoms with Crippen molar-refractivity contribution in [2.45, 2.75) is 30.9 Å². The van der Waals surface area contributed by atoms with Crippen LogP contribution < -0.4 is 10.1 Å². The van der Waals surface area contributed by atoms with Crippen molar-refractivity contribution in [3.05, 3.63) is 57.6 Å². The number of ether oxygens (including phenoxy) is 1. The number of anilines is 1. The molecule has 0 unspecified atom stereocenters. The maximum atomic E-state index is 12.5. The molecular formula is C18H20N2O4S. The summed E-state index contributed by atoms with van der Waals surface area (Å²) in [5.74, 6) is 0.0587. The monoisotopic (exact) mass is 360 g/mol. The molecule has 0 heterocycles. The number of amides is 1. The fourth-order valence-electron chi connectivity index (χ4n) is 2.31. The molecule has 2 aromatic carbocycles. The van der Waals surface area contributed by atoms with Crippen molar-refractivity contribution in [3.63, 3.8) is 0 Å². The van der Waals surface area contributed by atoms with Crippen LogP contribution in [0, 0.1) is 24.0 Å². The molecule has 1 atom stereocenters. The zero-order valence-electron chi connectivity index (χ0n) is 14.5. The van der Waals surface area contributed by atoms with E-state index in [-0.39, 0.29) is 22.6 Å². The fraction of sp³-hybridized carbons (Fsp3) is 0.278. The van der Waals surface area contributed by atoms with Gasteiger partial charge in [0.2, 0.25) is 5.91 Å². The lowest BCUT2D eigenvalue weighted by atomic mass is 10.2. The van der Waals surface area contributed by atoms with Gasteiger partial charge in [0.15, 0.2) is 0 Å². The van der Waals surface area contributed by atoms with E-state index in [9.17, 15) is 14.9 Å². The molecule has 25 heavy (non-hydrogen) atoms. The Kier molecular flexibility index (Phi) is 6.03. The van der Waals surface area contributed by atoms with E-state index in [1.54, 1.807) is 0 Å². The number of carbonyl (C=O) groups excluding carboxylic acids is 1. The van der Waals surface area contributed by atoms with Crippen LogP contribution in [0.3, 0.4) is 0 Å². The quantitative estimate of drug-likeness (QED) is 0.471. The molecule has 132 valence electrons. The Morgan fingerprint density at radius 3 is 2.56 bits per heavy atom. The van der Waals surface area contributed by atoms with Gasteiger partial charge in [-0.05, 0) is 38.5 Å². The lowest BCUT2D eigenvalue weighted by Gasteiger charge is -2.15. The molecule has 0 aliphatic rings. The average molecular weight is 360 g/mol. The molecule has 7 heteroatoms. The summed E-state index contributed by atoms with van der Waals surface area (Å²) >= 11 is 1.47. The summed E-state index contributed by atoms with van der Waals surface area (Å²) in [6, 6.07) is 10.2. The van der Waals surface area contributed by atoms with Gasteiger partial charge < -0.3 is 10.1 Å². The van der Waals surface area contributed by atoms with E-state index in [0.717, 1.165) is 10.5 Å². The minimum atomic E-state index is -0.507. The number of thioether (sulfide) groups is 1. The summed E-state index contributed by atoms with van der Waals surface area (Å²) in [6.45, 7) is 5.86. The fourth-order valence-corrected chi connectivity index (χ4v) is 3.24. The molecule has 1 amide bonds. The van der Waals surface area contributed by atoms with Gasteiger partial charge in [0.1, 0.15) is 5.75 Å². The number of nitrogens with one attached hydrogen (secondary N) is 1. The third kappa shape index (κ3) is 4.73. The van der Waals surface area contributed by atoms with Gasteiger partial charge in [-0.2, -0.15) is 0 Å². The Hall–Kier alpha value is -2.54. The number of benzene rings is 2. The minimum Gasteiger partial charge on any atom is -0.494 e. The molecule has 2 aromatic rings. The highest BCUT2D eigenvalue weighted by Crippen LogP contribution is 2.31. The SMILES string of the molecule is COc1cc([N+](=O)[O-])ccc1NC(=O)[C@@H](C)Sc1ccc(C)cc1C. The highest BCUT2D eigenvalue weighted by atomic mass is 32.2. The van der Waals surface area contributed by atoms with Gasteiger partial charge in [-0.25, -0.2) is 0 Å². The molecule has 0 bridgehead atoms. The van der Waals surface area contributed by atoms with Crippen LogP contribution in [0.4, 0.5) is 11.4 Å². The van der Waals surface area contributed by atoms with Gasteiger partial charge in [-0.1, -0.05) is 17.7 Å². The first-order valence-corrected chi connectivity index (χ1v) is 8.57. The van der Waals surface area contributed by atoms with Crippen LogP contribution in [-0.4, -0.2) is 23.2 Å². The van der Waals surface area contributed by atoms with Crippen LogP contribution in [0.5, 0.6) is 5.75 Å². The Balaban J connectivity index is 2.11. The van der Waals surface area contributed by atoms with E-state index in [4.69, 9.17) is 4.74 Å². The normalized spacial score (nSPS) is 11.7. The Bertz CT molecular complexity index is 808. The van der Waals surface area contributed by atoms with Crippen molar-refractivity contribution in [1.82, 2.24) is 0 Å². The lowest BCUT2D eigenvalue weighted by Crippen LogP contribution is -2.22. The van der Waals surface area contributed by atoms with Gasteiger partial charge >= 0.3 is 0 Å². The molecule has 0 aliphatic carbocycles. The van der Waals surface area contributed by atoms with E-state index in [0.29, 0.717) is 5.69 Å². The van der Waals surface area contributed by atoms with E-state index in [2.05, 4.69) is 11.4 Å². The molecule has 2 rings (SSSR count). The van der Waals surface area contributed by atoms with Crippen LogP contribution in [0.25, 0.3) is 0 Å². The second kappa shape index (κ2) is 8.02. The minimum absolute atomic E-state index is 0.0902. The largest absolute Gasteiger partial charge is 0.494 e. The predicted octanol–water partition coefficient (Wildman–Crippen LogP) is 4.34. The summed E-state index contributed by atoms with van der Waals surface area (Å²) in [5, 5.41) is 13.3. The second-order valence-electron chi connectivity index (χ2n) is 5.66. The summed E-state index contributed by atoms with van der Waals surface area (Å²) in [5.41, 5.74) is 2.62. The Labute approximate surface area is 150 Å². The molecule has 1 N–H and O–H groups in total. The van der Waals surface area contributed by atoms with Gasteiger partial charge in [0, 0.05) is 11.0 Å². The first-order valence-electron chi connectivity index (χ1n) is 7.69. The number of aryl methyl sites for hydroxylation is 2. The maximum absolute atomic E-state index is 12.5. The summed E-state index contributed by atoms with van der Waals surface area (Å²) < 4.78 is 5.14. The Morgan fingerprint density at radius 2 is 1.96 bits per heavy atom. The molecule has 0 radical (unpaired) electrons. The first-order chi connectivity index (χ1) is 11.8. The number of nitrogens with zero attached hydrogens (tertiary/aromatic N) is 1. The van der Waals surface area contributed by atoms with E-state index >= 15 is 0 Å². The van der Waals surface area contributed by atoms with Crippen molar-refractivity contribution in [2.75, 3.05) is 12.4 Å². The molecular weight excluding hydrogens is 340 g/mol. The molecule has 0 spiro atoms. The summed E-state index contributed by atoms with van der Waals surface area (Å²) in [4.78, 5) is 23.8. The van der Waals surface area contributed by atoms with Crippen LogP contribution in [-0.2, 0) is 4.79 Å². The third-order valence-electron chi connectivity index (χ3n) is 3.66. The lowest BCUT2D eigenvalue weighted by molar-refractivity contribution is -0.384. The van der Waals surface area contributed by atoms with Crippen LogP contribution >= 0.6 is 11.8 Å². The molecule has 0 aliphatic heterocycles. The van der Waals surface area contributed by atoms with Crippen LogP contribution in [0.15, 0.2) is 41.3 Å². The van der Waals surface area contributed by atoms with Crippen molar-refractivity contribution in [2.24, 2.45) is 0 Å². The van der Waals surface area contributed by atoms with E-state index in [1.807, 2.05) is 32.9 Å². The topological polar surface area (TPSA) is 81.5 Å². The molecule has 0 saturated heterocycles. The summed E-state index contributed by atoms with van der Waals surface area (Å²) in [7, 11) is 1.41. The second-order valence-corrected chi connectivity index (χ2v) is 7.04. The number of carbonyl (C=O) groups is 1. The van der Waals surface area contributed by atoms with Gasteiger partial charge in [0.25, 0.3) is 5.69 Å². The molecule has 0 aromatic heterocycles. The summed E-state index contributed by atoms with van der Waals surface area (Å²) in [6.07, 6.45) is 0. The Morgan fingerprint density at radius 1 is 1.24 bits per heavy atom. The van der Waals surface area contributed by atoms with Gasteiger partial charge in [0.05, 0.1) is 29.0 Å². The standard InChI is InChI=1S/C18H20N2O4S/c1-11-5-8-17(12(2)9-11)25-13(3)18(21)19-15-7-6-14(20(22)23)10-16(15)24-4/h5-10,13H,1-4H3,(H,19,21)/t13-/m1/s1. The van der Waals surface area contributed by atoms with Crippen molar-refractivity contribution < 1.29 is 14.5 Å². The first kappa shape index (κ1) is 18.8. The van der Waals surface area contributed by atoms with Crippen LogP contribution in [0.1, 0.15) is 18.1 Å². The number of nitro benzene ring substituents is 1. The average Bonchev–Trinajstić information content (AvgIpc) is 2.57. The van der Waals surface area contributed by atoms with Crippen molar-refractivity contribution >= 4 is 29.0 Å². The smallest absolute Gasteiger partial charge is 0.273 e. The molecule has 6 nitrogen and oxygen atoms in total. The number of nitro groups is 1. The number of hydrogen-bond acceptors (Lipinski definition) is 5. The highest BCUT2D eigenvalue weighted by Gasteiger charge is 2.18. The van der Waals surface area contributed by atoms with E-state index in [1.165, 1.54) is 42.6 Å². The number of hydrogen-bond donors (Lipinski definition) is 1. The van der Waals surface area contributed by atoms with Crippen molar-refractivity contribution in [1.29, 1.82) is 0 Å². The molecule has 0 saturated carbocycles. The highest BCUT2D eigenvalue weighted by molar-refractivity contribution is 8.00.